The lowest BCUT2D eigenvalue weighted by Crippen LogP contribution is -2.51. The van der Waals surface area contributed by atoms with Crippen molar-refractivity contribution < 1.29 is 14.7 Å². The lowest BCUT2D eigenvalue weighted by molar-refractivity contribution is -0.139. The topological polar surface area (TPSA) is 78.4 Å². The molecular formula is C14H26N2O3. The molecule has 0 heterocycles. The summed E-state index contributed by atoms with van der Waals surface area (Å²) < 4.78 is 0. The highest BCUT2D eigenvalue weighted by atomic mass is 16.4. The minimum absolute atomic E-state index is 0.0914. The Bertz CT molecular complexity index is 340. The third kappa shape index (κ3) is 4.73. The molecular weight excluding hydrogens is 244 g/mol. The van der Waals surface area contributed by atoms with Gasteiger partial charge >= 0.3 is 12.0 Å². The van der Waals surface area contributed by atoms with E-state index in [1.807, 2.05) is 13.8 Å². The van der Waals surface area contributed by atoms with Crippen LogP contribution in [0.5, 0.6) is 0 Å². The maximum Gasteiger partial charge on any atom is 0.326 e. The van der Waals surface area contributed by atoms with Crippen molar-refractivity contribution in [3.8, 4) is 0 Å². The van der Waals surface area contributed by atoms with Gasteiger partial charge in [-0.3, -0.25) is 0 Å². The molecule has 3 N–H and O–H groups in total. The van der Waals surface area contributed by atoms with Gasteiger partial charge in [0.05, 0.1) is 0 Å². The molecule has 1 saturated carbocycles. The smallest absolute Gasteiger partial charge is 0.326 e. The Morgan fingerprint density at radius 2 is 2.00 bits per heavy atom. The molecule has 2 atom stereocenters. The Labute approximate surface area is 115 Å². The molecule has 0 aromatic carbocycles. The number of urea groups is 1. The van der Waals surface area contributed by atoms with Gasteiger partial charge in [0, 0.05) is 6.04 Å². The van der Waals surface area contributed by atoms with E-state index in [0.29, 0.717) is 6.42 Å². The first kappa shape index (κ1) is 15.8. The molecule has 0 saturated heterocycles. The van der Waals surface area contributed by atoms with Crippen molar-refractivity contribution in [2.24, 2.45) is 11.3 Å². The van der Waals surface area contributed by atoms with Gasteiger partial charge in [0.15, 0.2) is 0 Å². The van der Waals surface area contributed by atoms with E-state index in [4.69, 9.17) is 5.11 Å². The summed E-state index contributed by atoms with van der Waals surface area (Å²) in [5, 5.41) is 14.6. The highest BCUT2D eigenvalue weighted by Gasteiger charge is 2.35. The number of carbonyl (C=O) groups excluding carboxylic acids is 1. The molecule has 1 aliphatic rings. The maximum atomic E-state index is 11.9. The van der Waals surface area contributed by atoms with Crippen LogP contribution in [-0.4, -0.2) is 29.2 Å². The van der Waals surface area contributed by atoms with E-state index in [1.165, 1.54) is 0 Å². The van der Waals surface area contributed by atoms with Crippen LogP contribution in [0, 0.1) is 11.3 Å². The predicted molar refractivity (Wildman–Crippen MR) is 74.0 cm³/mol. The fraction of sp³-hybridized carbons (Fsp3) is 0.857. The van der Waals surface area contributed by atoms with Gasteiger partial charge in [0.2, 0.25) is 0 Å². The zero-order valence-electron chi connectivity index (χ0n) is 12.3. The van der Waals surface area contributed by atoms with E-state index >= 15 is 0 Å². The van der Waals surface area contributed by atoms with Crippen molar-refractivity contribution in [1.29, 1.82) is 0 Å². The van der Waals surface area contributed by atoms with Crippen LogP contribution in [0.2, 0.25) is 0 Å². The lowest BCUT2D eigenvalue weighted by Gasteiger charge is -2.28. The Morgan fingerprint density at radius 3 is 2.42 bits per heavy atom. The summed E-state index contributed by atoms with van der Waals surface area (Å²) in [6, 6.07) is -1.06. The summed E-state index contributed by atoms with van der Waals surface area (Å²) in [5.74, 6) is -0.751. The van der Waals surface area contributed by atoms with Gasteiger partial charge in [0.25, 0.3) is 0 Å². The van der Waals surface area contributed by atoms with Gasteiger partial charge in [0.1, 0.15) is 6.04 Å². The molecule has 1 aliphatic carbocycles. The summed E-state index contributed by atoms with van der Waals surface area (Å²) in [5.41, 5.74) is 0.0914. The summed E-state index contributed by atoms with van der Waals surface area (Å²) >= 11 is 0. The molecule has 0 aliphatic heterocycles. The monoisotopic (exact) mass is 270 g/mol. The van der Waals surface area contributed by atoms with Gasteiger partial charge in [-0.2, -0.15) is 0 Å². The zero-order valence-corrected chi connectivity index (χ0v) is 12.3. The van der Waals surface area contributed by atoms with Crippen LogP contribution in [0.25, 0.3) is 0 Å². The second kappa shape index (κ2) is 6.26. The van der Waals surface area contributed by atoms with Gasteiger partial charge in [-0.1, -0.05) is 34.1 Å². The molecule has 110 valence electrons. The summed E-state index contributed by atoms with van der Waals surface area (Å²) in [6.45, 7) is 8.15. The Balaban J connectivity index is 2.51. The van der Waals surface area contributed by atoms with Crippen LogP contribution in [0.1, 0.15) is 53.4 Å². The number of carboxylic acid groups (broad SMARTS) is 1. The number of hydrogen-bond donors (Lipinski definition) is 3. The Morgan fingerprint density at radius 1 is 1.37 bits per heavy atom. The highest BCUT2D eigenvalue weighted by molar-refractivity contribution is 5.82. The first-order chi connectivity index (χ1) is 8.72. The molecule has 5 nitrogen and oxygen atoms in total. The minimum Gasteiger partial charge on any atom is -0.480 e. The Kier molecular flexibility index (Phi) is 5.20. The number of carbonyl (C=O) groups is 2. The molecule has 1 rings (SSSR count). The number of nitrogens with one attached hydrogen (secondary N) is 2. The third-order valence-electron chi connectivity index (χ3n) is 3.87. The summed E-state index contributed by atoms with van der Waals surface area (Å²) in [7, 11) is 0. The van der Waals surface area contributed by atoms with Crippen molar-refractivity contribution in [1.82, 2.24) is 10.6 Å². The van der Waals surface area contributed by atoms with E-state index < -0.39 is 12.0 Å². The fourth-order valence-electron chi connectivity index (χ4n) is 2.65. The zero-order chi connectivity index (χ0) is 14.6. The molecule has 0 bridgehead atoms. The van der Waals surface area contributed by atoms with E-state index in [1.54, 1.807) is 0 Å². The molecule has 2 amide bonds. The molecule has 0 aromatic rings. The van der Waals surface area contributed by atoms with Crippen LogP contribution in [0.3, 0.4) is 0 Å². The van der Waals surface area contributed by atoms with E-state index in [0.717, 1.165) is 19.3 Å². The Hall–Kier alpha value is -1.26. The average Bonchev–Trinajstić information content (AvgIpc) is 2.56. The number of aliphatic carboxylic acids is 1. The first-order valence-electron chi connectivity index (χ1n) is 7.02. The molecule has 1 fully saturated rings. The van der Waals surface area contributed by atoms with E-state index in [9.17, 15) is 9.59 Å². The number of hydrogen-bond acceptors (Lipinski definition) is 2. The van der Waals surface area contributed by atoms with Crippen molar-refractivity contribution in [3.05, 3.63) is 0 Å². The normalized spacial score (nSPS) is 23.1. The standard InChI is InChI=1S/C14H26N2O3/c1-9(2)8-10(12(17)18)15-13(19)16-11-6-5-7-14(11,3)4/h9-11H,5-8H2,1-4H3,(H,17,18)(H2,15,16,19)/t10-,11?/m1/s1. The second-order valence-corrected chi connectivity index (χ2v) is 6.57. The molecule has 19 heavy (non-hydrogen) atoms. The maximum absolute atomic E-state index is 11.9. The number of rotatable bonds is 5. The lowest BCUT2D eigenvalue weighted by atomic mass is 9.87. The third-order valence-corrected chi connectivity index (χ3v) is 3.87. The van der Waals surface area contributed by atoms with Crippen LogP contribution >= 0.6 is 0 Å². The molecule has 1 unspecified atom stereocenters. The highest BCUT2D eigenvalue weighted by Crippen LogP contribution is 2.37. The van der Waals surface area contributed by atoms with Crippen LogP contribution in [0.15, 0.2) is 0 Å². The van der Waals surface area contributed by atoms with Crippen LogP contribution in [-0.2, 0) is 4.79 Å². The van der Waals surface area contributed by atoms with Gasteiger partial charge in [-0.15, -0.1) is 0 Å². The summed E-state index contributed by atoms with van der Waals surface area (Å²) in [4.78, 5) is 23.0. The fourth-order valence-corrected chi connectivity index (χ4v) is 2.65. The van der Waals surface area contributed by atoms with Gasteiger partial charge in [-0.25, -0.2) is 9.59 Å². The van der Waals surface area contributed by atoms with Gasteiger partial charge < -0.3 is 15.7 Å². The first-order valence-corrected chi connectivity index (χ1v) is 7.02. The number of carboxylic acids is 1. The van der Waals surface area contributed by atoms with Crippen LogP contribution < -0.4 is 10.6 Å². The van der Waals surface area contributed by atoms with Gasteiger partial charge in [-0.05, 0) is 30.6 Å². The second-order valence-electron chi connectivity index (χ2n) is 6.57. The summed E-state index contributed by atoms with van der Waals surface area (Å²) in [6.07, 6.45) is 3.59. The van der Waals surface area contributed by atoms with Crippen molar-refractivity contribution in [2.45, 2.75) is 65.5 Å². The van der Waals surface area contributed by atoms with E-state index in [2.05, 4.69) is 24.5 Å². The molecule has 0 radical (unpaired) electrons. The van der Waals surface area contributed by atoms with Crippen LogP contribution in [0.4, 0.5) is 4.79 Å². The quantitative estimate of drug-likeness (QED) is 0.717. The van der Waals surface area contributed by atoms with Crippen molar-refractivity contribution in [3.63, 3.8) is 0 Å². The van der Waals surface area contributed by atoms with Crippen molar-refractivity contribution in [2.75, 3.05) is 0 Å². The largest absolute Gasteiger partial charge is 0.480 e. The number of amides is 2. The average molecular weight is 270 g/mol. The SMILES string of the molecule is CC(C)C[C@@H](NC(=O)NC1CCCC1(C)C)C(=O)O. The molecule has 0 spiro atoms. The minimum atomic E-state index is -0.977. The van der Waals surface area contributed by atoms with E-state index in [-0.39, 0.29) is 23.4 Å². The molecule has 0 aromatic heterocycles. The van der Waals surface area contributed by atoms with Crippen molar-refractivity contribution >= 4 is 12.0 Å². The predicted octanol–water partition coefficient (Wildman–Crippen LogP) is 2.36. The molecule has 5 heteroatoms.